The molecule has 0 fully saturated rings. The summed E-state index contributed by atoms with van der Waals surface area (Å²) in [4.78, 5) is 43.4. The van der Waals surface area contributed by atoms with Crippen molar-refractivity contribution in [3.63, 3.8) is 0 Å². The van der Waals surface area contributed by atoms with E-state index in [-0.39, 0.29) is 18.8 Å². The standard InChI is InChI=1S/C17H8F6N2O2.2CHNO.CH4/c18-16(19,20)15(17(21,22)23,11-1-5-13(6-2-11)24-9-26)12-3-7-14(8-4-12)25-10-27;2*2-1-3;/h1-8H;2*2H;1H4. The second-order valence-electron chi connectivity index (χ2n) is 5.45. The SMILES string of the molecule is C.N=C=O.N=C=O.O=C=Nc1ccc(C(c2ccc(N=C=O)cc2)(C(F)(F)F)C(F)(F)F)cc1. The van der Waals surface area contributed by atoms with Gasteiger partial charge in [-0.1, -0.05) is 31.7 Å². The van der Waals surface area contributed by atoms with Crippen LogP contribution < -0.4 is 0 Å². The molecule has 0 aliphatic rings. The van der Waals surface area contributed by atoms with E-state index in [0.717, 1.165) is 48.6 Å². The molecule has 0 amide bonds. The van der Waals surface area contributed by atoms with Crippen LogP contribution in [0.25, 0.3) is 0 Å². The predicted octanol–water partition coefficient (Wildman–Crippen LogP) is 5.47. The number of nitrogens with zero attached hydrogens (tertiary/aromatic N) is 2. The van der Waals surface area contributed by atoms with Crippen molar-refractivity contribution >= 4 is 35.7 Å². The summed E-state index contributed by atoms with van der Waals surface area (Å²) < 4.78 is 83.1. The third-order valence-corrected chi connectivity index (χ3v) is 3.80. The molecule has 34 heavy (non-hydrogen) atoms. The van der Waals surface area contributed by atoms with E-state index in [2.05, 4.69) is 9.98 Å². The molecule has 14 heteroatoms. The van der Waals surface area contributed by atoms with Gasteiger partial charge in [0.25, 0.3) is 0 Å². The van der Waals surface area contributed by atoms with Crippen molar-refractivity contribution in [3.8, 4) is 0 Å². The van der Waals surface area contributed by atoms with Gasteiger partial charge in [0.15, 0.2) is 0 Å². The number of hydrogen-bond acceptors (Lipinski definition) is 8. The maximum absolute atomic E-state index is 13.8. The van der Waals surface area contributed by atoms with Crippen LogP contribution in [0, 0.1) is 10.8 Å². The molecule has 8 nitrogen and oxygen atoms in total. The van der Waals surface area contributed by atoms with Gasteiger partial charge in [-0.25, -0.2) is 30.0 Å². The molecule has 2 aromatic carbocycles. The molecule has 0 unspecified atom stereocenters. The lowest BCUT2D eigenvalue weighted by molar-refractivity contribution is -0.288. The van der Waals surface area contributed by atoms with Gasteiger partial charge in [-0.05, 0) is 35.4 Å². The Labute approximate surface area is 187 Å². The van der Waals surface area contributed by atoms with E-state index >= 15 is 0 Å². The maximum atomic E-state index is 13.8. The molecule has 0 saturated heterocycles. The topological polar surface area (TPSA) is 141 Å². The molecule has 0 bridgehead atoms. The Morgan fingerprint density at radius 1 is 0.588 bits per heavy atom. The van der Waals surface area contributed by atoms with E-state index in [4.69, 9.17) is 20.4 Å². The summed E-state index contributed by atoms with van der Waals surface area (Å²) in [5, 5.41) is 10.8. The van der Waals surface area contributed by atoms with Crippen molar-refractivity contribution in [3.05, 3.63) is 59.7 Å². The zero-order valence-electron chi connectivity index (χ0n) is 15.9. The van der Waals surface area contributed by atoms with Gasteiger partial charge in [-0.15, -0.1) is 0 Å². The minimum atomic E-state index is -5.75. The molecule has 0 aliphatic carbocycles. The highest BCUT2D eigenvalue weighted by atomic mass is 19.4. The zero-order valence-corrected chi connectivity index (χ0v) is 15.9. The molecule has 0 radical (unpaired) electrons. The van der Waals surface area contributed by atoms with E-state index in [1.54, 1.807) is 0 Å². The second kappa shape index (κ2) is 13.8. The summed E-state index contributed by atoms with van der Waals surface area (Å²) in [5.74, 6) is 0. The molecule has 0 spiro atoms. The third kappa shape index (κ3) is 7.30. The van der Waals surface area contributed by atoms with E-state index in [1.165, 1.54) is 0 Å². The summed E-state index contributed by atoms with van der Waals surface area (Å²) in [6.07, 6.45) is -7.73. The number of carbonyl (C=O) groups excluding carboxylic acids is 4. The van der Waals surface area contributed by atoms with Gasteiger partial charge < -0.3 is 0 Å². The van der Waals surface area contributed by atoms with Gasteiger partial charge in [-0.3, -0.25) is 0 Å². The summed E-state index contributed by atoms with van der Waals surface area (Å²) >= 11 is 0. The Kier molecular flexibility index (Phi) is 12.9. The molecular formula is C20H14F6N4O4. The quantitative estimate of drug-likeness (QED) is 0.334. The predicted molar refractivity (Wildman–Crippen MR) is 105 cm³/mol. The van der Waals surface area contributed by atoms with E-state index in [9.17, 15) is 35.9 Å². The van der Waals surface area contributed by atoms with Crippen molar-refractivity contribution in [1.82, 2.24) is 0 Å². The Bertz CT molecular complexity index is 998. The molecule has 0 aliphatic heterocycles. The Morgan fingerprint density at radius 3 is 1.00 bits per heavy atom. The van der Waals surface area contributed by atoms with Crippen molar-refractivity contribution in [2.24, 2.45) is 9.98 Å². The van der Waals surface area contributed by atoms with Gasteiger partial charge in [0.05, 0.1) is 11.4 Å². The van der Waals surface area contributed by atoms with Crippen LogP contribution in [0.2, 0.25) is 0 Å². The minimum Gasteiger partial charge on any atom is -0.222 e. The van der Waals surface area contributed by atoms with Crippen LogP contribution in [-0.2, 0) is 24.6 Å². The van der Waals surface area contributed by atoms with Crippen LogP contribution in [0.4, 0.5) is 37.7 Å². The number of benzene rings is 2. The van der Waals surface area contributed by atoms with Crippen LogP contribution in [0.3, 0.4) is 0 Å². The molecular weight excluding hydrogens is 474 g/mol. The number of isocyanates is 4. The van der Waals surface area contributed by atoms with Crippen LogP contribution in [0.15, 0.2) is 58.5 Å². The highest BCUT2D eigenvalue weighted by Crippen LogP contribution is 2.56. The Morgan fingerprint density at radius 2 is 0.824 bits per heavy atom. The molecule has 0 saturated carbocycles. The Hall–Kier alpha value is -4.46. The normalized spacial score (nSPS) is 10.1. The first-order chi connectivity index (χ1) is 15.4. The first-order valence-corrected chi connectivity index (χ1v) is 7.99. The zero-order chi connectivity index (χ0) is 25.7. The lowest BCUT2D eigenvalue weighted by atomic mass is 9.73. The van der Waals surface area contributed by atoms with Gasteiger partial charge in [-0.2, -0.15) is 36.3 Å². The molecule has 2 N–H and O–H groups in total. The van der Waals surface area contributed by atoms with Crippen LogP contribution in [0.1, 0.15) is 18.6 Å². The largest absolute Gasteiger partial charge is 0.411 e. The van der Waals surface area contributed by atoms with E-state index in [0.29, 0.717) is 24.3 Å². The second-order valence-corrected chi connectivity index (χ2v) is 5.45. The lowest BCUT2D eigenvalue weighted by Gasteiger charge is -2.38. The first kappa shape index (κ1) is 31.7. The van der Waals surface area contributed by atoms with Gasteiger partial charge in [0.1, 0.15) is 0 Å². The summed E-state index contributed by atoms with van der Waals surface area (Å²) in [7, 11) is 0. The highest BCUT2D eigenvalue weighted by Gasteiger charge is 2.72. The fourth-order valence-electron chi connectivity index (χ4n) is 2.66. The number of hydrogen-bond donors (Lipinski definition) is 2. The molecule has 0 atom stereocenters. The average Bonchev–Trinajstić information content (AvgIpc) is 2.70. The molecule has 2 aromatic rings. The van der Waals surface area contributed by atoms with Gasteiger partial charge in [0, 0.05) is 0 Å². The van der Waals surface area contributed by atoms with Crippen LogP contribution in [-0.4, -0.2) is 36.7 Å². The number of alkyl halides is 6. The Balaban J connectivity index is 0. The summed E-state index contributed by atoms with van der Waals surface area (Å²) in [6, 6.07) is 5.75. The number of halogens is 6. The first-order valence-electron chi connectivity index (χ1n) is 7.99. The molecule has 0 heterocycles. The third-order valence-electron chi connectivity index (χ3n) is 3.80. The molecule has 2 rings (SSSR count). The maximum Gasteiger partial charge on any atom is 0.411 e. The smallest absolute Gasteiger partial charge is 0.222 e. The fraction of sp³-hybridized carbons (Fsp3) is 0.200. The number of rotatable bonds is 4. The van der Waals surface area contributed by atoms with Gasteiger partial charge in [0.2, 0.25) is 29.7 Å². The van der Waals surface area contributed by atoms with Crippen molar-refractivity contribution in [2.45, 2.75) is 25.2 Å². The summed E-state index contributed by atoms with van der Waals surface area (Å²) in [5.41, 5.74) is -6.87. The fourth-order valence-corrected chi connectivity index (χ4v) is 2.66. The van der Waals surface area contributed by atoms with Crippen LogP contribution >= 0.6 is 0 Å². The molecule has 180 valence electrons. The highest BCUT2D eigenvalue weighted by molar-refractivity contribution is 5.55. The summed E-state index contributed by atoms with van der Waals surface area (Å²) in [6.45, 7) is 0. The number of aliphatic imine (C=N–C) groups is 2. The van der Waals surface area contributed by atoms with Crippen LogP contribution in [0.5, 0.6) is 0 Å². The van der Waals surface area contributed by atoms with Crippen molar-refractivity contribution in [2.75, 3.05) is 0 Å². The minimum absolute atomic E-state index is 0. The number of nitrogens with one attached hydrogen (secondary N) is 2. The average molecular weight is 488 g/mol. The van der Waals surface area contributed by atoms with E-state index < -0.39 is 28.9 Å². The van der Waals surface area contributed by atoms with Gasteiger partial charge >= 0.3 is 12.4 Å². The molecule has 0 aromatic heterocycles. The monoisotopic (exact) mass is 488 g/mol. The van der Waals surface area contributed by atoms with Crippen molar-refractivity contribution in [1.29, 1.82) is 10.8 Å². The van der Waals surface area contributed by atoms with E-state index in [1.807, 2.05) is 0 Å². The lowest BCUT2D eigenvalue weighted by Crippen LogP contribution is -2.54. The van der Waals surface area contributed by atoms with Crippen molar-refractivity contribution < 1.29 is 45.5 Å².